The summed E-state index contributed by atoms with van der Waals surface area (Å²) < 4.78 is 0.656. The second-order valence-electron chi connectivity index (χ2n) is 1.99. The van der Waals surface area contributed by atoms with Gasteiger partial charge in [0.05, 0.1) is 0 Å². The minimum absolute atomic E-state index is 0.656. The van der Waals surface area contributed by atoms with Crippen molar-refractivity contribution >= 4 is 12.2 Å². The number of rotatable bonds is 0. The number of H-pyrrole nitrogens is 1. The second-order valence-corrected chi connectivity index (χ2v) is 2.41. The van der Waals surface area contributed by atoms with Crippen LogP contribution in [0, 0.1) is 18.5 Å². The van der Waals surface area contributed by atoms with Crippen LogP contribution in [0.25, 0.3) is 0 Å². The summed E-state index contributed by atoms with van der Waals surface area (Å²) in [7, 11) is 0. The van der Waals surface area contributed by atoms with Crippen LogP contribution in [0.3, 0.4) is 0 Å². The van der Waals surface area contributed by atoms with Crippen molar-refractivity contribution in [2.24, 2.45) is 0 Å². The third kappa shape index (κ3) is 1.61. The predicted octanol–water partition coefficient (Wildman–Crippen LogP) is 1.76. The van der Waals surface area contributed by atoms with Gasteiger partial charge in [-0.1, -0.05) is 12.2 Å². The van der Waals surface area contributed by atoms with Gasteiger partial charge in [-0.15, -0.1) is 0 Å². The molecule has 2 nitrogen and oxygen atoms in total. The summed E-state index contributed by atoms with van der Waals surface area (Å²) in [4.78, 5) is 7.03. The molecule has 1 aromatic heterocycles. The van der Waals surface area contributed by atoms with E-state index in [9.17, 15) is 0 Å². The van der Waals surface area contributed by atoms with E-state index in [-0.39, 0.29) is 0 Å². The Bertz CT molecular complexity index is 241. The van der Waals surface area contributed by atoms with Crippen LogP contribution < -0.4 is 0 Å². The lowest BCUT2D eigenvalue weighted by molar-refractivity contribution is 1.00. The van der Waals surface area contributed by atoms with Gasteiger partial charge in [0.2, 0.25) is 0 Å². The Hall–Kier alpha value is -0.700. The van der Waals surface area contributed by atoms with Crippen molar-refractivity contribution < 1.29 is 0 Å². The van der Waals surface area contributed by atoms with Crippen molar-refractivity contribution in [3.8, 4) is 0 Å². The molecule has 0 bridgehead atoms. The largest absolute Gasteiger partial charge is 0.348 e. The fourth-order valence-corrected chi connectivity index (χ4v) is 1.05. The number of hydrogen-bond acceptors (Lipinski definition) is 2. The molecule has 0 saturated carbocycles. The van der Waals surface area contributed by atoms with E-state index in [4.69, 9.17) is 12.2 Å². The lowest BCUT2D eigenvalue weighted by Gasteiger charge is -1.93. The van der Waals surface area contributed by atoms with Gasteiger partial charge in [0, 0.05) is 5.69 Å². The van der Waals surface area contributed by atoms with Gasteiger partial charge in [-0.25, -0.2) is 4.98 Å². The molecule has 0 aromatic carbocycles. The second kappa shape index (κ2) is 2.27. The number of nitrogens with zero attached hydrogens (tertiary/aromatic N) is 1. The molecule has 1 aromatic rings. The monoisotopic (exact) mass is 140 g/mol. The van der Waals surface area contributed by atoms with Crippen LogP contribution in [0.4, 0.5) is 0 Å². The molecule has 0 aliphatic heterocycles. The van der Waals surface area contributed by atoms with Crippen LogP contribution in [0.5, 0.6) is 0 Å². The van der Waals surface area contributed by atoms with E-state index in [1.54, 1.807) is 0 Å². The molecule has 0 amide bonds. The summed E-state index contributed by atoms with van der Waals surface area (Å²) in [6.07, 6.45) is 0. The van der Waals surface area contributed by atoms with Gasteiger partial charge < -0.3 is 4.98 Å². The van der Waals surface area contributed by atoms with E-state index in [1.807, 2.05) is 19.9 Å². The van der Waals surface area contributed by atoms with E-state index in [0.717, 1.165) is 11.5 Å². The number of hydrogen-bond donors (Lipinski definition) is 1. The molecule has 1 heterocycles. The molecule has 0 aliphatic rings. The Labute approximate surface area is 59.0 Å². The zero-order chi connectivity index (χ0) is 6.85. The van der Waals surface area contributed by atoms with Crippen LogP contribution in [-0.4, -0.2) is 9.97 Å². The standard InChI is InChI=1S/C6H8N2S/c1-4-3-6(9)8-5(2)7-4/h3H,1-2H3,(H,7,8,9). The minimum atomic E-state index is 0.656. The van der Waals surface area contributed by atoms with Gasteiger partial charge in [0.1, 0.15) is 10.5 Å². The van der Waals surface area contributed by atoms with E-state index in [2.05, 4.69) is 9.97 Å². The molecule has 0 fully saturated rings. The molecular formula is C6H8N2S. The predicted molar refractivity (Wildman–Crippen MR) is 38.9 cm³/mol. The fourth-order valence-electron chi connectivity index (χ4n) is 0.732. The smallest absolute Gasteiger partial charge is 0.129 e. The quantitative estimate of drug-likeness (QED) is 0.556. The molecule has 9 heavy (non-hydrogen) atoms. The molecule has 0 atom stereocenters. The van der Waals surface area contributed by atoms with E-state index in [0.29, 0.717) is 4.64 Å². The van der Waals surface area contributed by atoms with Crippen molar-refractivity contribution in [2.75, 3.05) is 0 Å². The van der Waals surface area contributed by atoms with Gasteiger partial charge in [0.15, 0.2) is 0 Å². The van der Waals surface area contributed by atoms with Crippen LogP contribution in [0.2, 0.25) is 0 Å². The van der Waals surface area contributed by atoms with E-state index < -0.39 is 0 Å². The van der Waals surface area contributed by atoms with Crippen LogP contribution in [0.15, 0.2) is 6.07 Å². The zero-order valence-corrected chi connectivity index (χ0v) is 6.25. The Kier molecular flexibility index (Phi) is 1.62. The molecule has 0 radical (unpaired) electrons. The highest BCUT2D eigenvalue weighted by molar-refractivity contribution is 7.71. The third-order valence-corrected chi connectivity index (χ3v) is 1.21. The highest BCUT2D eigenvalue weighted by Gasteiger charge is 1.85. The SMILES string of the molecule is Cc1cc(=S)nc(C)[nH]1. The molecule has 0 spiro atoms. The summed E-state index contributed by atoms with van der Waals surface area (Å²) in [6, 6.07) is 1.84. The molecule has 3 heteroatoms. The van der Waals surface area contributed by atoms with Gasteiger partial charge in [-0.2, -0.15) is 0 Å². The maximum atomic E-state index is 4.86. The van der Waals surface area contributed by atoms with Crippen molar-refractivity contribution in [1.29, 1.82) is 0 Å². The number of aromatic amines is 1. The fraction of sp³-hybridized carbons (Fsp3) is 0.333. The minimum Gasteiger partial charge on any atom is -0.348 e. The molecule has 0 unspecified atom stereocenters. The Morgan fingerprint density at radius 1 is 1.56 bits per heavy atom. The average Bonchev–Trinajstić information content (AvgIpc) is 1.59. The molecular weight excluding hydrogens is 132 g/mol. The zero-order valence-electron chi connectivity index (χ0n) is 5.43. The van der Waals surface area contributed by atoms with Crippen LogP contribution >= 0.6 is 12.2 Å². The summed E-state index contributed by atoms with van der Waals surface area (Å²) in [5.41, 5.74) is 1.06. The van der Waals surface area contributed by atoms with Gasteiger partial charge >= 0.3 is 0 Å². The number of nitrogens with one attached hydrogen (secondary N) is 1. The first-order valence-corrected chi connectivity index (χ1v) is 3.14. The first-order valence-electron chi connectivity index (χ1n) is 2.73. The Balaban J connectivity index is 3.33. The van der Waals surface area contributed by atoms with Crippen molar-refractivity contribution in [3.05, 3.63) is 22.2 Å². The molecule has 48 valence electrons. The third-order valence-electron chi connectivity index (χ3n) is 0.996. The molecule has 1 N–H and O–H groups in total. The number of aryl methyl sites for hydroxylation is 2. The van der Waals surface area contributed by atoms with Gasteiger partial charge in [0.25, 0.3) is 0 Å². The molecule has 0 saturated heterocycles. The van der Waals surface area contributed by atoms with Crippen molar-refractivity contribution in [1.82, 2.24) is 9.97 Å². The highest BCUT2D eigenvalue weighted by Crippen LogP contribution is 1.92. The van der Waals surface area contributed by atoms with Crippen LogP contribution in [-0.2, 0) is 0 Å². The van der Waals surface area contributed by atoms with Gasteiger partial charge in [-0.05, 0) is 19.9 Å². The lowest BCUT2D eigenvalue weighted by atomic mass is 10.4. The summed E-state index contributed by atoms with van der Waals surface area (Å²) in [5.74, 6) is 0.875. The summed E-state index contributed by atoms with van der Waals surface area (Å²) >= 11 is 4.86. The first kappa shape index (κ1) is 6.42. The first-order chi connectivity index (χ1) is 4.18. The lowest BCUT2D eigenvalue weighted by Crippen LogP contribution is -1.88. The maximum absolute atomic E-state index is 4.86. The van der Waals surface area contributed by atoms with E-state index >= 15 is 0 Å². The van der Waals surface area contributed by atoms with Crippen molar-refractivity contribution in [3.63, 3.8) is 0 Å². The molecule has 1 rings (SSSR count). The highest BCUT2D eigenvalue weighted by atomic mass is 32.1. The van der Waals surface area contributed by atoms with E-state index in [1.165, 1.54) is 0 Å². The van der Waals surface area contributed by atoms with Crippen LogP contribution in [0.1, 0.15) is 11.5 Å². The van der Waals surface area contributed by atoms with Gasteiger partial charge in [-0.3, -0.25) is 0 Å². The Morgan fingerprint density at radius 2 is 2.22 bits per heavy atom. The molecule has 0 aliphatic carbocycles. The van der Waals surface area contributed by atoms with Crippen molar-refractivity contribution in [2.45, 2.75) is 13.8 Å². The average molecular weight is 140 g/mol. The Morgan fingerprint density at radius 3 is 2.67 bits per heavy atom. The summed E-state index contributed by atoms with van der Waals surface area (Å²) in [6.45, 7) is 3.85. The maximum Gasteiger partial charge on any atom is 0.129 e. The topological polar surface area (TPSA) is 28.7 Å². The number of aromatic nitrogens is 2. The normalized spacial score (nSPS) is 9.56. The summed E-state index contributed by atoms with van der Waals surface area (Å²) in [5, 5.41) is 0.